The number of hydrogen-bond donors (Lipinski definition) is 3. The molecule has 2 aromatic carbocycles. The Morgan fingerprint density at radius 3 is 2.86 bits per heavy atom. The van der Waals surface area contributed by atoms with E-state index in [9.17, 15) is 9.90 Å². The van der Waals surface area contributed by atoms with E-state index in [4.69, 9.17) is 5.73 Å². The zero-order valence-electron chi connectivity index (χ0n) is 12.4. The maximum absolute atomic E-state index is 11.2. The molecule has 2 aromatic rings. The van der Waals surface area contributed by atoms with Gasteiger partial charge in [-0.15, -0.1) is 0 Å². The van der Waals surface area contributed by atoms with Crippen LogP contribution in [0.1, 0.15) is 33.5 Å². The SMILES string of the molecule is NC(=O)c1cccc(CNCC2(O)CCc3ccccc32)c1. The molecule has 0 spiro atoms. The van der Waals surface area contributed by atoms with Crippen LogP contribution in [0.2, 0.25) is 0 Å². The lowest BCUT2D eigenvalue weighted by molar-refractivity contribution is 0.0384. The molecule has 3 rings (SSSR count). The maximum Gasteiger partial charge on any atom is 0.248 e. The summed E-state index contributed by atoms with van der Waals surface area (Å²) in [6, 6.07) is 15.3. The highest BCUT2D eigenvalue weighted by Gasteiger charge is 2.35. The van der Waals surface area contributed by atoms with Gasteiger partial charge >= 0.3 is 0 Å². The molecule has 1 aliphatic rings. The molecule has 0 radical (unpaired) electrons. The van der Waals surface area contributed by atoms with Crippen molar-refractivity contribution in [3.63, 3.8) is 0 Å². The van der Waals surface area contributed by atoms with E-state index in [1.807, 2.05) is 30.3 Å². The first-order valence-corrected chi connectivity index (χ1v) is 7.49. The second-order valence-electron chi connectivity index (χ2n) is 5.86. The Labute approximate surface area is 130 Å². The van der Waals surface area contributed by atoms with Crippen molar-refractivity contribution in [3.8, 4) is 0 Å². The van der Waals surface area contributed by atoms with Crippen LogP contribution < -0.4 is 11.1 Å². The molecule has 0 heterocycles. The second-order valence-corrected chi connectivity index (χ2v) is 5.86. The average molecular weight is 296 g/mol. The minimum atomic E-state index is -0.808. The number of benzene rings is 2. The van der Waals surface area contributed by atoms with E-state index in [0.29, 0.717) is 18.7 Å². The Kier molecular flexibility index (Phi) is 3.96. The average Bonchev–Trinajstić information content (AvgIpc) is 2.86. The Bertz CT molecular complexity index is 699. The number of carbonyl (C=O) groups excluding carboxylic acids is 1. The first-order chi connectivity index (χ1) is 10.6. The zero-order chi connectivity index (χ0) is 15.6. The summed E-state index contributed by atoms with van der Waals surface area (Å²) in [4.78, 5) is 11.2. The van der Waals surface area contributed by atoms with Crippen LogP contribution in [0.3, 0.4) is 0 Å². The van der Waals surface area contributed by atoms with Crippen LogP contribution in [0.5, 0.6) is 0 Å². The quantitative estimate of drug-likeness (QED) is 0.786. The highest BCUT2D eigenvalue weighted by molar-refractivity contribution is 5.92. The molecular weight excluding hydrogens is 276 g/mol. The Balaban J connectivity index is 1.64. The number of fused-ring (bicyclic) bond motifs is 1. The fraction of sp³-hybridized carbons (Fsp3) is 0.278. The number of amides is 1. The fourth-order valence-corrected chi connectivity index (χ4v) is 3.10. The maximum atomic E-state index is 11.2. The van der Waals surface area contributed by atoms with Crippen molar-refractivity contribution in [2.75, 3.05) is 6.54 Å². The molecule has 0 aromatic heterocycles. The number of carbonyl (C=O) groups is 1. The van der Waals surface area contributed by atoms with Crippen molar-refractivity contribution < 1.29 is 9.90 Å². The summed E-state index contributed by atoms with van der Waals surface area (Å²) in [5.74, 6) is -0.426. The zero-order valence-corrected chi connectivity index (χ0v) is 12.4. The van der Waals surface area contributed by atoms with Gasteiger partial charge in [0, 0.05) is 18.7 Å². The lowest BCUT2D eigenvalue weighted by atomic mass is 9.96. The van der Waals surface area contributed by atoms with Crippen LogP contribution in [0, 0.1) is 0 Å². The van der Waals surface area contributed by atoms with Gasteiger partial charge in [0.25, 0.3) is 0 Å². The molecule has 4 nitrogen and oxygen atoms in total. The van der Waals surface area contributed by atoms with Crippen molar-refractivity contribution in [2.45, 2.75) is 25.0 Å². The van der Waals surface area contributed by atoms with Gasteiger partial charge < -0.3 is 16.2 Å². The standard InChI is InChI=1S/C18H20N2O2/c19-17(21)15-6-3-4-13(10-15)11-20-12-18(22)9-8-14-5-1-2-7-16(14)18/h1-7,10,20,22H,8-9,11-12H2,(H2,19,21). The fourth-order valence-electron chi connectivity index (χ4n) is 3.10. The molecule has 4 heteroatoms. The van der Waals surface area contributed by atoms with Crippen LogP contribution in [-0.2, 0) is 18.6 Å². The molecule has 0 aliphatic heterocycles. The third-order valence-electron chi connectivity index (χ3n) is 4.28. The van der Waals surface area contributed by atoms with Gasteiger partial charge in [0.05, 0.1) is 0 Å². The third-order valence-corrected chi connectivity index (χ3v) is 4.28. The van der Waals surface area contributed by atoms with E-state index in [1.54, 1.807) is 12.1 Å². The van der Waals surface area contributed by atoms with Crippen molar-refractivity contribution in [2.24, 2.45) is 5.73 Å². The molecule has 22 heavy (non-hydrogen) atoms. The number of nitrogens with two attached hydrogens (primary N) is 1. The first kappa shape index (κ1) is 14.8. The van der Waals surface area contributed by atoms with Gasteiger partial charge in [-0.2, -0.15) is 0 Å². The number of rotatable bonds is 5. The molecule has 0 bridgehead atoms. The smallest absolute Gasteiger partial charge is 0.248 e. The van der Waals surface area contributed by atoms with Gasteiger partial charge in [-0.25, -0.2) is 0 Å². The monoisotopic (exact) mass is 296 g/mol. The Hall–Kier alpha value is -2.17. The van der Waals surface area contributed by atoms with Crippen molar-refractivity contribution in [1.29, 1.82) is 0 Å². The summed E-state index contributed by atoms with van der Waals surface area (Å²) in [6.07, 6.45) is 1.65. The molecule has 0 saturated heterocycles. The predicted octanol–water partition coefficient (Wildman–Crippen LogP) is 1.71. The Morgan fingerprint density at radius 1 is 1.23 bits per heavy atom. The van der Waals surface area contributed by atoms with Crippen molar-refractivity contribution in [1.82, 2.24) is 5.32 Å². The van der Waals surface area contributed by atoms with E-state index >= 15 is 0 Å². The van der Waals surface area contributed by atoms with Crippen LogP contribution in [0.4, 0.5) is 0 Å². The largest absolute Gasteiger partial charge is 0.384 e. The van der Waals surface area contributed by atoms with Gasteiger partial charge in [0.15, 0.2) is 0 Å². The van der Waals surface area contributed by atoms with E-state index in [1.165, 1.54) is 5.56 Å². The highest BCUT2D eigenvalue weighted by atomic mass is 16.3. The number of hydrogen-bond acceptors (Lipinski definition) is 3. The predicted molar refractivity (Wildman–Crippen MR) is 85.3 cm³/mol. The lowest BCUT2D eigenvalue weighted by Gasteiger charge is -2.24. The summed E-state index contributed by atoms with van der Waals surface area (Å²) in [6.45, 7) is 1.08. The second kappa shape index (κ2) is 5.91. The topological polar surface area (TPSA) is 75.4 Å². The summed E-state index contributed by atoms with van der Waals surface area (Å²) in [7, 11) is 0. The van der Waals surface area contributed by atoms with Crippen LogP contribution in [0.15, 0.2) is 48.5 Å². The van der Waals surface area contributed by atoms with Gasteiger partial charge in [-0.3, -0.25) is 4.79 Å². The van der Waals surface area contributed by atoms with Gasteiger partial charge in [0.1, 0.15) is 5.60 Å². The number of nitrogens with one attached hydrogen (secondary N) is 1. The summed E-state index contributed by atoms with van der Waals surface area (Å²) < 4.78 is 0. The normalized spacial score (nSPS) is 19.9. The highest BCUT2D eigenvalue weighted by Crippen LogP contribution is 2.36. The molecule has 4 N–H and O–H groups in total. The molecular formula is C18H20N2O2. The van der Waals surface area contributed by atoms with Crippen LogP contribution in [0.25, 0.3) is 0 Å². The molecule has 1 atom stereocenters. The first-order valence-electron chi connectivity index (χ1n) is 7.49. The number of primary amides is 1. The molecule has 1 unspecified atom stereocenters. The van der Waals surface area contributed by atoms with E-state index in [-0.39, 0.29) is 0 Å². The van der Waals surface area contributed by atoms with Crippen molar-refractivity contribution >= 4 is 5.91 Å². The molecule has 0 saturated carbocycles. The third kappa shape index (κ3) is 2.89. The summed E-state index contributed by atoms with van der Waals surface area (Å²) in [5.41, 5.74) is 8.21. The molecule has 1 aliphatic carbocycles. The van der Waals surface area contributed by atoms with E-state index < -0.39 is 11.5 Å². The number of aliphatic hydroxyl groups is 1. The van der Waals surface area contributed by atoms with Crippen LogP contribution in [-0.4, -0.2) is 17.6 Å². The minimum Gasteiger partial charge on any atom is -0.384 e. The van der Waals surface area contributed by atoms with E-state index in [2.05, 4.69) is 11.4 Å². The van der Waals surface area contributed by atoms with Gasteiger partial charge in [-0.1, -0.05) is 36.4 Å². The van der Waals surface area contributed by atoms with Crippen molar-refractivity contribution in [3.05, 3.63) is 70.8 Å². The van der Waals surface area contributed by atoms with Crippen LogP contribution >= 0.6 is 0 Å². The number of aryl methyl sites for hydroxylation is 1. The minimum absolute atomic E-state index is 0.426. The Morgan fingerprint density at radius 2 is 2.05 bits per heavy atom. The molecule has 114 valence electrons. The van der Waals surface area contributed by atoms with Gasteiger partial charge in [0.2, 0.25) is 5.91 Å². The summed E-state index contributed by atoms with van der Waals surface area (Å²) >= 11 is 0. The lowest BCUT2D eigenvalue weighted by Crippen LogP contribution is -2.36. The molecule has 0 fully saturated rings. The molecule has 1 amide bonds. The van der Waals surface area contributed by atoms with E-state index in [0.717, 1.165) is 24.0 Å². The summed E-state index contributed by atoms with van der Waals surface area (Å²) in [5, 5.41) is 14.1. The van der Waals surface area contributed by atoms with Gasteiger partial charge in [-0.05, 0) is 41.7 Å².